The van der Waals surface area contributed by atoms with Gasteiger partial charge in [0.05, 0.1) is 7.11 Å². The van der Waals surface area contributed by atoms with Crippen LogP contribution in [0.2, 0.25) is 0 Å². The summed E-state index contributed by atoms with van der Waals surface area (Å²) in [7, 11) is 7.04. The highest BCUT2D eigenvalue weighted by atomic mass is 16.5. The number of imidazole rings is 1. The molecule has 1 aliphatic carbocycles. The first-order valence-electron chi connectivity index (χ1n) is 12.6. The van der Waals surface area contributed by atoms with Gasteiger partial charge in [-0.2, -0.15) is 0 Å². The number of carbonyl (C=O) groups excluding carboxylic acids is 1. The lowest BCUT2D eigenvalue weighted by Crippen LogP contribution is -2.27. The summed E-state index contributed by atoms with van der Waals surface area (Å²) in [5.41, 5.74) is 5.17. The molecule has 0 aliphatic heterocycles. The van der Waals surface area contributed by atoms with Crippen molar-refractivity contribution in [3.8, 4) is 5.75 Å². The van der Waals surface area contributed by atoms with E-state index < -0.39 is 0 Å². The van der Waals surface area contributed by atoms with Gasteiger partial charge in [-0.05, 0) is 52.9 Å². The number of nitrogens with zero attached hydrogens (tertiary/aromatic N) is 4. The number of amides is 1. The molecule has 1 aliphatic rings. The molecule has 37 heavy (non-hydrogen) atoms. The minimum atomic E-state index is -0.106. The van der Waals surface area contributed by atoms with E-state index in [-0.39, 0.29) is 5.91 Å². The fourth-order valence-corrected chi connectivity index (χ4v) is 4.44. The Morgan fingerprint density at radius 3 is 2.54 bits per heavy atom. The van der Waals surface area contributed by atoms with Crippen LogP contribution < -0.4 is 9.64 Å². The molecule has 1 unspecified atom stereocenters. The molecule has 1 amide bonds. The van der Waals surface area contributed by atoms with E-state index in [1.807, 2.05) is 35.9 Å². The van der Waals surface area contributed by atoms with Crippen molar-refractivity contribution < 1.29 is 9.53 Å². The van der Waals surface area contributed by atoms with Crippen LogP contribution in [0, 0.1) is 5.92 Å². The van der Waals surface area contributed by atoms with Gasteiger partial charge in [-0.15, -0.1) is 0 Å². The van der Waals surface area contributed by atoms with Gasteiger partial charge in [0.25, 0.3) is 5.91 Å². The summed E-state index contributed by atoms with van der Waals surface area (Å²) in [6, 6.07) is 16.5. The van der Waals surface area contributed by atoms with Crippen LogP contribution in [0.15, 0.2) is 79.5 Å². The lowest BCUT2D eigenvalue weighted by atomic mass is 9.93. The van der Waals surface area contributed by atoms with E-state index in [0.29, 0.717) is 30.4 Å². The molecule has 6 nitrogen and oxygen atoms in total. The number of rotatable bonds is 9. The Morgan fingerprint density at radius 1 is 1.16 bits per heavy atom. The molecule has 0 fully saturated rings. The van der Waals surface area contributed by atoms with Gasteiger partial charge in [0.15, 0.2) is 11.5 Å². The topological polar surface area (TPSA) is 50.6 Å². The predicted molar refractivity (Wildman–Crippen MR) is 151 cm³/mol. The van der Waals surface area contributed by atoms with E-state index in [1.54, 1.807) is 37.2 Å². The van der Waals surface area contributed by atoms with E-state index in [4.69, 9.17) is 9.72 Å². The zero-order chi connectivity index (χ0) is 26.5. The maximum Gasteiger partial charge on any atom is 0.273 e. The average Bonchev–Trinajstić information content (AvgIpc) is 3.26. The number of allylic oxidation sites excluding steroid dienone is 4. The third-order valence-electron chi connectivity index (χ3n) is 6.68. The largest absolute Gasteiger partial charge is 0.497 e. The molecular weight excluding hydrogens is 460 g/mol. The third kappa shape index (κ3) is 5.85. The van der Waals surface area contributed by atoms with Gasteiger partial charge in [0, 0.05) is 34.1 Å². The smallest absolute Gasteiger partial charge is 0.273 e. The predicted octanol–water partition coefficient (Wildman–Crippen LogP) is 5.79. The minimum absolute atomic E-state index is 0.106. The summed E-state index contributed by atoms with van der Waals surface area (Å²) >= 11 is 0. The summed E-state index contributed by atoms with van der Waals surface area (Å²) in [5, 5.41) is 0. The Kier molecular flexibility index (Phi) is 7.97. The van der Waals surface area contributed by atoms with Crippen LogP contribution in [-0.4, -0.2) is 48.6 Å². The highest BCUT2D eigenvalue weighted by molar-refractivity contribution is 5.97. The Labute approximate surface area is 220 Å². The molecule has 1 atom stereocenters. The molecule has 1 heterocycles. The van der Waals surface area contributed by atoms with Crippen molar-refractivity contribution in [1.29, 1.82) is 0 Å². The average molecular weight is 497 g/mol. The van der Waals surface area contributed by atoms with Gasteiger partial charge in [0.2, 0.25) is 0 Å². The number of anilines is 1. The van der Waals surface area contributed by atoms with E-state index in [2.05, 4.69) is 56.0 Å². The number of benzene rings is 2. The molecule has 0 bridgehead atoms. The molecule has 6 heteroatoms. The minimum Gasteiger partial charge on any atom is -0.497 e. The first kappa shape index (κ1) is 26.0. The molecule has 192 valence electrons. The first-order chi connectivity index (χ1) is 17.8. The Bertz CT molecular complexity index is 1330. The van der Waals surface area contributed by atoms with E-state index in [1.165, 1.54) is 11.1 Å². The number of methoxy groups -OCH3 is 1. The van der Waals surface area contributed by atoms with E-state index in [0.717, 1.165) is 29.1 Å². The number of ether oxygens (including phenoxy) is 1. The molecule has 0 saturated carbocycles. The highest BCUT2D eigenvalue weighted by Gasteiger charge is 2.26. The zero-order valence-corrected chi connectivity index (χ0v) is 22.4. The van der Waals surface area contributed by atoms with Crippen LogP contribution in [0.1, 0.15) is 46.3 Å². The second-order valence-electron chi connectivity index (χ2n) is 9.74. The fourth-order valence-electron chi connectivity index (χ4n) is 4.44. The molecule has 4 rings (SSSR count). The van der Waals surface area contributed by atoms with Crippen molar-refractivity contribution in [1.82, 2.24) is 14.5 Å². The maximum absolute atomic E-state index is 13.4. The second-order valence-corrected chi connectivity index (χ2v) is 9.74. The number of carbonyl (C=O) groups is 1. The summed E-state index contributed by atoms with van der Waals surface area (Å²) in [6.45, 7) is 6.62. The van der Waals surface area contributed by atoms with Crippen LogP contribution >= 0.6 is 0 Å². The molecule has 3 aromatic rings. The van der Waals surface area contributed by atoms with Gasteiger partial charge in [0.1, 0.15) is 11.6 Å². The van der Waals surface area contributed by atoms with Gasteiger partial charge < -0.3 is 19.1 Å². The van der Waals surface area contributed by atoms with Crippen LogP contribution in [0.3, 0.4) is 0 Å². The number of aromatic nitrogens is 2. The van der Waals surface area contributed by atoms with Gasteiger partial charge >= 0.3 is 0 Å². The van der Waals surface area contributed by atoms with Gasteiger partial charge in [-0.3, -0.25) is 4.79 Å². The van der Waals surface area contributed by atoms with Crippen molar-refractivity contribution >= 4 is 17.3 Å². The zero-order valence-electron chi connectivity index (χ0n) is 22.4. The van der Waals surface area contributed by atoms with Crippen molar-refractivity contribution in [2.45, 2.75) is 26.3 Å². The first-order valence-corrected chi connectivity index (χ1v) is 12.6. The molecule has 0 N–H and O–H groups in total. The summed E-state index contributed by atoms with van der Waals surface area (Å²) in [5.74, 6) is 2.67. The van der Waals surface area contributed by atoms with Crippen LogP contribution in [0.25, 0.3) is 5.57 Å². The number of hydrogen-bond donors (Lipinski definition) is 0. The maximum atomic E-state index is 13.4. The number of hydrogen-bond acceptors (Lipinski definition) is 4. The molecule has 0 spiro atoms. The third-order valence-corrected chi connectivity index (χ3v) is 6.68. The molecule has 0 saturated heterocycles. The summed E-state index contributed by atoms with van der Waals surface area (Å²) < 4.78 is 7.45. The van der Waals surface area contributed by atoms with Crippen LogP contribution in [-0.2, 0) is 13.0 Å². The van der Waals surface area contributed by atoms with Crippen molar-refractivity contribution in [2.75, 3.05) is 33.2 Å². The Hall–Kier alpha value is -4.06. The van der Waals surface area contributed by atoms with E-state index >= 15 is 0 Å². The quantitative estimate of drug-likeness (QED) is 0.376. The van der Waals surface area contributed by atoms with E-state index in [9.17, 15) is 4.79 Å². The standard InChI is InChI=1S/C31H36N4O2/c1-7-34(5)30-29(31(36)33(3)4)35(21-24-9-8-10-27(19-24)37-6)28(32-30)20-23-13-17-26(18-14-23)25-15-11-22(2)12-16-25/h7-11,13-19,22H,1,12,20-21H2,2-6H3. The molecule has 1 aromatic heterocycles. The van der Waals surface area contributed by atoms with Crippen LogP contribution in [0.5, 0.6) is 5.75 Å². The Morgan fingerprint density at radius 2 is 1.92 bits per heavy atom. The molecule has 0 radical (unpaired) electrons. The lowest BCUT2D eigenvalue weighted by Gasteiger charge is -2.18. The van der Waals surface area contributed by atoms with Crippen molar-refractivity contribution in [3.05, 3.63) is 108 Å². The normalized spacial score (nSPS) is 14.7. The van der Waals surface area contributed by atoms with Crippen molar-refractivity contribution in [2.24, 2.45) is 5.92 Å². The SMILES string of the molecule is C=CN(C)c1nc(Cc2ccc(C3=CCC(C)C=C3)cc2)n(Cc2cccc(OC)c2)c1C(=O)N(C)C. The monoisotopic (exact) mass is 496 g/mol. The summed E-state index contributed by atoms with van der Waals surface area (Å²) in [6.07, 6.45) is 10.1. The molecular formula is C31H36N4O2. The fraction of sp³-hybridized carbons (Fsp3) is 0.290. The van der Waals surface area contributed by atoms with Gasteiger partial charge in [-0.25, -0.2) is 4.98 Å². The molecule has 2 aromatic carbocycles. The second kappa shape index (κ2) is 11.3. The lowest BCUT2D eigenvalue weighted by molar-refractivity contribution is 0.0818. The van der Waals surface area contributed by atoms with Crippen LogP contribution in [0.4, 0.5) is 5.82 Å². The van der Waals surface area contributed by atoms with Crippen molar-refractivity contribution in [3.63, 3.8) is 0 Å². The summed E-state index contributed by atoms with van der Waals surface area (Å²) in [4.78, 5) is 21.7. The van der Waals surface area contributed by atoms with Gasteiger partial charge in [-0.1, -0.05) is 68.1 Å². The highest BCUT2D eigenvalue weighted by Crippen LogP contribution is 2.28. The Balaban J connectivity index is 1.74.